The van der Waals surface area contributed by atoms with Gasteiger partial charge in [0.15, 0.2) is 5.16 Å². The Hall–Kier alpha value is -1.99. The fourth-order valence-electron chi connectivity index (χ4n) is 2.48. The molecule has 3 rings (SSSR count). The quantitative estimate of drug-likeness (QED) is 0.664. The number of thioether (sulfide) groups is 1. The van der Waals surface area contributed by atoms with E-state index in [0.717, 1.165) is 35.3 Å². The van der Waals surface area contributed by atoms with Crippen molar-refractivity contribution in [3.05, 3.63) is 41.7 Å². The number of carbonyl (C=O) groups is 1. The van der Waals surface area contributed by atoms with Crippen LogP contribution in [0.25, 0.3) is 5.69 Å². The molecule has 1 aromatic carbocycles. The third-order valence-electron chi connectivity index (χ3n) is 3.98. The summed E-state index contributed by atoms with van der Waals surface area (Å²) in [5, 5.41) is 12.8. The van der Waals surface area contributed by atoms with E-state index in [1.165, 1.54) is 11.8 Å². The normalized spacial score (nSPS) is 13.5. The van der Waals surface area contributed by atoms with Crippen molar-refractivity contribution in [2.45, 2.75) is 24.4 Å². The lowest BCUT2D eigenvalue weighted by Crippen LogP contribution is -2.27. The maximum absolute atomic E-state index is 11.8. The van der Waals surface area contributed by atoms with Gasteiger partial charge in [0.25, 0.3) is 0 Å². The molecule has 0 atom stereocenters. The molecular weight excluding hydrogens is 372 g/mol. The summed E-state index contributed by atoms with van der Waals surface area (Å²) < 4.78 is 7.20. The van der Waals surface area contributed by atoms with E-state index in [-0.39, 0.29) is 11.8 Å². The molecule has 1 aliphatic carbocycles. The molecule has 138 valence electrons. The average Bonchev–Trinajstić information content (AvgIpc) is 3.42. The molecule has 1 aliphatic rings. The van der Waals surface area contributed by atoms with Crippen LogP contribution in [0.3, 0.4) is 0 Å². The number of benzene rings is 1. The second kappa shape index (κ2) is 8.60. The lowest BCUT2D eigenvalue weighted by atomic mass is 10.3. The Labute approximate surface area is 162 Å². The maximum atomic E-state index is 11.8. The van der Waals surface area contributed by atoms with Crippen LogP contribution in [0, 0.1) is 5.92 Å². The van der Waals surface area contributed by atoms with Crippen molar-refractivity contribution >= 4 is 29.3 Å². The number of aromatic nitrogens is 3. The first-order valence-corrected chi connectivity index (χ1v) is 9.77. The first-order chi connectivity index (χ1) is 12.6. The van der Waals surface area contributed by atoms with E-state index in [2.05, 4.69) is 22.1 Å². The average molecular weight is 393 g/mol. The number of nitrogens with zero attached hydrogens (tertiary/aromatic N) is 3. The molecule has 1 heterocycles. The number of carbonyl (C=O) groups excluding carboxylic acids is 1. The number of nitrogens with one attached hydrogen (secondary N) is 1. The Bertz CT molecular complexity index is 787. The molecule has 0 spiro atoms. The third kappa shape index (κ3) is 4.80. The van der Waals surface area contributed by atoms with Crippen molar-refractivity contribution in [1.29, 1.82) is 0 Å². The van der Waals surface area contributed by atoms with Crippen LogP contribution < -0.4 is 10.1 Å². The van der Waals surface area contributed by atoms with Crippen molar-refractivity contribution < 1.29 is 9.53 Å². The molecule has 1 aromatic heterocycles. The van der Waals surface area contributed by atoms with Crippen molar-refractivity contribution in [3.63, 3.8) is 0 Å². The third-order valence-corrected chi connectivity index (χ3v) is 5.29. The number of methoxy groups -OCH3 is 1. The lowest BCUT2D eigenvalue weighted by molar-refractivity contribution is -0.122. The highest BCUT2D eigenvalue weighted by molar-refractivity contribution is 7.99. The number of amides is 1. The van der Waals surface area contributed by atoms with Gasteiger partial charge >= 0.3 is 0 Å². The maximum Gasteiger partial charge on any atom is 0.223 e. The van der Waals surface area contributed by atoms with Gasteiger partial charge in [0.05, 0.1) is 7.11 Å². The van der Waals surface area contributed by atoms with Crippen LogP contribution in [-0.4, -0.2) is 40.1 Å². The Morgan fingerprint density at radius 1 is 1.38 bits per heavy atom. The molecule has 1 amide bonds. The lowest BCUT2D eigenvalue weighted by Gasteiger charge is -2.11. The van der Waals surface area contributed by atoms with Crippen LogP contribution in [0.2, 0.25) is 0 Å². The fraction of sp³-hybridized carbons (Fsp3) is 0.389. The molecule has 0 saturated heterocycles. The van der Waals surface area contributed by atoms with Gasteiger partial charge in [0.1, 0.15) is 11.6 Å². The highest BCUT2D eigenvalue weighted by Gasteiger charge is 2.29. The SMILES string of the molecule is C=C(Cl)CSc1nnc(CCNC(=O)C2CC2)n1-c1ccc(OC)cc1. The molecule has 1 N–H and O–H groups in total. The molecular formula is C18H21ClN4O2S. The molecule has 0 bridgehead atoms. The number of ether oxygens (including phenoxy) is 1. The number of rotatable bonds is 9. The van der Waals surface area contributed by atoms with Gasteiger partial charge in [-0.1, -0.05) is 29.9 Å². The van der Waals surface area contributed by atoms with Crippen molar-refractivity contribution in [2.75, 3.05) is 19.4 Å². The van der Waals surface area contributed by atoms with E-state index in [4.69, 9.17) is 16.3 Å². The Morgan fingerprint density at radius 2 is 2.12 bits per heavy atom. The minimum atomic E-state index is 0.133. The van der Waals surface area contributed by atoms with Gasteiger partial charge in [-0.2, -0.15) is 0 Å². The molecule has 2 aromatic rings. The van der Waals surface area contributed by atoms with E-state index in [9.17, 15) is 4.79 Å². The van der Waals surface area contributed by atoms with Crippen LogP contribution in [0.15, 0.2) is 41.0 Å². The summed E-state index contributed by atoms with van der Waals surface area (Å²) in [6.07, 6.45) is 2.59. The molecule has 26 heavy (non-hydrogen) atoms. The molecule has 1 fully saturated rings. The summed E-state index contributed by atoms with van der Waals surface area (Å²) in [5.74, 6) is 2.45. The van der Waals surface area contributed by atoms with E-state index >= 15 is 0 Å². The van der Waals surface area contributed by atoms with Crippen LogP contribution in [0.1, 0.15) is 18.7 Å². The second-order valence-corrected chi connectivity index (χ2v) is 7.53. The molecule has 0 aliphatic heterocycles. The van der Waals surface area contributed by atoms with Crippen molar-refractivity contribution in [2.24, 2.45) is 5.92 Å². The monoisotopic (exact) mass is 392 g/mol. The largest absolute Gasteiger partial charge is 0.497 e. The zero-order valence-electron chi connectivity index (χ0n) is 14.6. The number of hydrogen-bond acceptors (Lipinski definition) is 5. The highest BCUT2D eigenvalue weighted by atomic mass is 35.5. The molecule has 0 radical (unpaired) electrons. The van der Waals surface area contributed by atoms with E-state index in [1.807, 2.05) is 28.8 Å². The molecule has 1 saturated carbocycles. The van der Waals surface area contributed by atoms with Crippen molar-refractivity contribution in [1.82, 2.24) is 20.1 Å². The summed E-state index contributed by atoms with van der Waals surface area (Å²) in [5.41, 5.74) is 0.932. The smallest absolute Gasteiger partial charge is 0.223 e. The Balaban J connectivity index is 1.77. The van der Waals surface area contributed by atoms with Crippen LogP contribution >= 0.6 is 23.4 Å². The molecule has 6 nitrogen and oxygen atoms in total. The molecule has 8 heteroatoms. The summed E-state index contributed by atoms with van der Waals surface area (Å²) in [7, 11) is 1.63. The Morgan fingerprint density at radius 3 is 2.73 bits per heavy atom. The Kier molecular flexibility index (Phi) is 6.21. The van der Waals surface area contributed by atoms with Gasteiger partial charge in [-0.3, -0.25) is 9.36 Å². The minimum Gasteiger partial charge on any atom is -0.497 e. The topological polar surface area (TPSA) is 69.0 Å². The predicted octanol–water partition coefficient (Wildman–Crippen LogP) is 3.19. The van der Waals surface area contributed by atoms with Gasteiger partial charge in [0, 0.05) is 35.4 Å². The van der Waals surface area contributed by atoms with Gasteiger partial charge in [0.2, 0.25) is 5.91 Å². The second-order valence-electron chi connectivity index (χ2n) is 6.05. The van der Waals surface area contributed by atoms with Gasteiger partial charge in [-0.25, -0.2) is 0 Å². The van der Waals surface area contributed by atoms with Gasteiger partial charge in [-0.15, -0.1) is 10.2 Å². The number of hydrogen-bond donors (Lipinski definition) is 1. The van der Waals surface area contributed by atoms with Gasteiger partial charge in [-0.05, 0) is 37.1 Å². The molecule has 0 unspecified atom stereocenters. The summed E-state index contributed by atoms with van der Waals surface area (Å²) in [6.45, 7) is 4.25. The number of halogens is 1. The summed E-state index contributed by atoms with van der Waals surface area (Å²) >= 11 is 7.36. The van der Waals surface area contributed by atoms with E-state index in [1.54, 1.807) is 7.11 Å². The van der Waals surface area contributed by atoms with Crippen LogP contribution in [0.4, 0.5) is 0 Å². The summed E-state index contributed by atoms with van der Waals surface area (Å²) in [6, 6.07) is 7.69. The van der Waals surface area contributed by atoms with Gasteiger partial charge < -0.3 is 10.1 Å². The first kappa shape index (κ1) is 18.8. The summed E-state index contributed by atoms with van der Waals surface area (Å²) in [4.78, 5) is 11.8. The zero-order chi connectivity index (χ0) is 18.5. The highest BCUT2D eigenvalue weighted by Crippen LogP contribution is 2.29. The minimum absolute atomic E-state index is 0.133. The first-order valence-electron chi connectivity index (χ1n) is 8.41. The van der Waals surface area contributed by atoms with E-state index < -0.39 is 0 Å². The van der Waals surface area contributed by atoms with E-state index in [0.29, 0.717) is 23.8 Å². The van der Waals surface area contributed by atoms with Crippen LogP contribution in [-0.2, 0) is 11.2 Å². The fourth-order valence-corrected chi connectivity index (χ4v) is 3.36. The standard InChI is InChI=1S/C18H21ClN4O2S/c1-12(19)11-26-18-22-21-16(9-10-20-17(24)13-3-4-13)23(18)14-5-7-15(25-2)8-6-14/h5-8,13H,1,3-4,9-11H2,2H3,(H,20,24). The van der Waals surface area contributed by atoms with Crippen molar-refractivity contribution in [3.8, 4) is 11.4 Å². The van der Waals surface area contributed by atoms with Crippen LogP contribution in [0.5, 0.6) is 5.75 Å². The predicted molar refractivity (Wildman–Crippen MR) is 103 cm³/mol. The zero-order valence-corrected chi connectivity index (χ0v) is 16.1.